The van der Waals surface area contributed by atoms with E-state index in [4.69, 9.17) is 4.42 Å². The Kier molecular flexibility index (Phi) is 8.54. The third-order valence-corrected chi connectivity index (χ3v) is 4.95. The second-order valence-corrected chi connectivity index (χ2v) is 7.04. The maximum Gasteiger partial charge on any atom is 0.287 e. The normalized spacial score (nSPS) is 17.5. The number of hydrogen-bond acceptors (Lipinski definition) is 4. The Morgan fingerprint density at radius 3 is 2.68 bits per heavy atom. The summed E-state index contributed by atoms with van der Waals surface area (Å²) in [4.78, 5) is 27.6. The van der Waals surface area contributed by atoms with E-state index in [0.29, 0.717) is 12.3 Å². The number of rotatable bonds is 7. The van der Waals surface area contributed by atoms with Gasteiger partial charge in [-0.1, -0.05) is 30.3 Å². The lowest BCUT2D eigenvalue weighted by Crippen LogP contribution is -2.52. The predicted octanol–water partition coefficient (Wildman–Crippen LogP) is 2.50. The van der Waals surface area contributed by atoms with Crippen LogP contribution >= 0.6 is 12.4 Å². The SMILES string of the molecule is CNCC1CCCN(C(=O)C(Cc2ccccc2)NC(=O)c2ccco2)C1.Cl. The van der Waals surface area contributed by atoms with Crippen LogP contribution in [0.5, 0.6) is 0 Å². The number of carbonyl (C=O) groups excluding carboxylic acids is 2. The van der Waals surface area contributed by atoms with E-state index in [2.05, 4.69) is 10.6 Å². The number of benzene rings is 1. The molecule has 28 heavy (non-hydrogen) atoms. The number of nitrogens with one attached hydrogen (secondary N) is 2. The van der Waals surface area contributed by atoms with Crippen LogP contribution in [0.25, 0.3) is 0 Å². The molecular weight excluding hydrogens is 378 g/mol. The molecule has 7 heteroatoms. The van der Waals surface area contributed by atoms with Crippen molar-refractivity contribution in [2.45, 2.75) is 25.3 Å². The molecule has 6 nitrogen and oxygen atoms in total. The van der Waals surface area contributed by atoms with Crippen LogP contribution in [-0.4, -0.2) is 49.4 Å². The molecule has 1 aromatic carbocycles. The van der Waals surface area contributed by atoms with Gasteiger partial charge < -0.3 is 20.0 Å². The minimum absolute atomic E-state index is 0. The maximum absolute atomic E-state index is 13.2. The van der Waals surface area contributed by atoms with Crippen molar-refractivity contribution in [3.8, 4) is 0 Å². The predicted molar refractivity (Wildman–Crippen MR) is 111 cm³/mol. The van der Waals surface area contributed by atoms with E-state index in [0.717, 1.165) is 38.0 Å². The van der Waals surface area contributed by atoms with Crippen LogP contribution < -0.4 is 10.6 Å². The molecule has 1 aliphatic rings. The van der Waals surface area contributed by atoms with Gasteiger partial charge in [-0.25, -0.2) is 0 Å². The molecule has 1 fully saturated rings. The van der Waals surface area contributed by atoms with E-state index in [9.17, 15) is 9.59 Å². The maximum atomic E-state index is 13.2. The van der Waals surface area contributed by atoms with Crippen LogP contribution in [-0.2, 0) is 11.2 Å². The molecule has 2 aromatic rings. The molecule has 2 heterocycles. The summed E-state index contributed by atoms with van der Waals surface area (Å²) in [6.07, 6.45) is 4.02. The van der Waals surface area contributed by atoms with Crippen LogP contribution in [0.4, 0.5) is 0 Å². The van der Waals surface area contributed by atoms with Crippen molar-refractivity contribution in [3.05, 3.63) is 60.1 Å². The van der Waals surface area contributed by atoms with Crippen LogP contribution in [0, 0.1) is 5.92 Å². The van der Waals surface area contributed by atoms with Gasteiger partial charge in [0, 0.05) is 19.5 Å². The van der Waals surface area contributed by atoms with Crippen molar-refractivity contribution < 1.29 is 14.0 Å². The molecular formula is C21H28ClN3O3. The second-order valence-electron chi connectivity index (χ2n) is 7.04. The van der Waals surface area contributed by atoms with Crippen LogP contribution in [0.15, 0.2) is 53.1 Å². The van der Waals surface area contributed by atoms with Crippen molar-refractivity contribution in [2.75, 3.05) is 26.7 Å². The fourth-order valence-corrected chi connectivity index (χ4v) is 3.63. The summed E-state index contributed by atoms with van der Waals surface area (Å²) >= 11 is 0. The standard InChI is InChI=1S/C21H27N3O3.ClH/c1-22-14-17-9-5-11-24(15-17)21(26)18(13-16-7-3-2-4-8-16)23-20(25)19-10-6-12-27-19;/h2-4,6-8,10,12,17-18,22H,5,9,11,13-15H2,1H3,(H,23,25);1H. The van der Waals surface area contributed by atoms with Gasteiger partial charge in [0.05, 0.1) is 6.26 Å². The number of hydrogen-bond donors (Lipinski definition) is 2. The summed E-state index contributed by atoms with van der Waals surface area (Å²) in [6.45, 7) is 2.36. The van der Waals surface area contributed by atoms with E-state index in [-0.39, 0.29) is 30.0 Å². The molecule has 2 unspecified atom stereocenters. The monoisotopic (exact) mass is 405 g/mol. The van der Waals surface area contributed by atoms with Gasteiger partial charge in [-0.3, -0.25) is 9.59 Å². The topological polar surface area (TPSA) is 74.6 Å². The number of halogens is 1. The molecule has 152 valence electrons. The largest absolute Gasteiger partial charge is 0.459 e. The lowest BCUT2D eigenvalue weighted by molar-refractivity contribution is -0.135. The Balaban J connectivity index is 0.00000280. The minimum Gasteiger partial charge on any atom is -0.459 e. The lowest BCUT2D eigenvalue weighted by atomic mass is 9.96. The van der Waals surface area contributed by atoms with Gasteiger partial charge in [0.2, 0.25) is 5.91 Å². The molecule has 2 N–H and O–H groups in total. The van der Waals surface area contributed by atoms with E-state index < -0.39 is 6.04 Å². The van der Waals surface area contributed by atoms with Crippen LogP contribution in [0.1, 0.15) is 29.0 Å². The van der Waals surface area contributed by atoms with Crippen molar-refractivity contribution in [3.63, 3.8) is 0 Å². The van der Waals surface area contributed by atoms with Crippen molar-refractivity contribution >= 4 is 24.2 Å². The zero-order valence-electron chi connectivity index (χ0n) is 16.1. The molecule has 0 bridgehead atoms. The minimum atomic E-state index is -0.613. The fraction of sp³-hybridized carbons (Fsp3) is 0.429. The Labute approximate surface area is 172 Å². The molecule has 3 rings (SSSR count). The van der Waals surface area contributed by atoms with Gasteiger partial charge in [-0.2, -0.15) is 0 Å². The third kappa shape index (κ3) is 5.84. The molecule has 1 saturated heterocycles. The summed E-state index contributed by atoms with van der Waals surface area (Å²) in [5.41, 5.74) is 1.01. The Hall–Kier alpha value is -2.31. The highest BCUT2D eigenvalue weighted by Crippen LogP contribution is 2.18. The molecule has 1 aliphatic heterocycles. The number of carbonyl (C=O) groups is 2. The van der Waals surface area contributed by atoms with Gasteiger partial charge in [0.1, 0.15) is 6.04 Å². The first-order valence-corrected chi connectivity index (χ1v) is 9.49. The summed E-state index contributed by atoms with van der Waals surface area (Å²) in [5, 5.41) is 6.07. The first-order valence-electron chi connectivity index (χ1n) is 9.49. The molecule has 0 saturated carbocycles. The van der Waals surface area contributed by atoms with Crippen molar-refractivity contribution in [1.29, 1.82) is 0 Å². The van der Waals surface area contributed by atoms with Crippen LogP contribution in [0.3, 0.4) is 0 Å². The number of piperidine rings is 1. The lowest BCUT2D eigenvalue weighted by Gasteiger charge is -2.35. The molecule has 0 radical (unpaired) electrons. The summed E-state index contributed by atoms with van der Waals surface area (Å²) in [5.74, 6) is 0.274. The number of nitrogens with zero attached hydrogens (tertiary/aromatic N) is 1. The summed E-state index contributed by atoms with van der Waals surface area (Å²) in [7, 11) is 1.93. The van der Waals surface area contributed by atoms with Gasteiger partial charge in [-0.15, -0.1) is 12.4 Å². The van der Waals surface area contributed by atoms with E-state index in [1.165, 1.54) is 6.26 Å². The second kappa shape index (κ2) is 10.9. The van der Waals surface area contributed by atoms with Gasteiger partial charge in [-0.05, 0) is 50.0 Å². The molecule has 0 spiro atoms. The highest BCUT2D eigenvalue weighted by atomic mass is 35.5. The van der Waals surface area contributed by atoms with Gasteiger partial charge >= 0.3 is 0 Å². The third-order valence-electron chi connectivity index (χ3n) is 4.95. The smallest absolute Gasteiger partial charge is 0.287 e. The first-order chi connectivity index (χ1) is 13.2. The summed E-state index contributed by atoms with van der Waals surface area (Å²) < 4.78 is 5.18. The van der Waals surface area contributed by atoms with E-state index in [1.54, 1.807) is 12.1 Å². The van der Waals surface area contributed by atoms with E-state index >= 15 is 0 Å². The van der Waals surface area contributed by atoms with Crippen LogP contribution in [0.2, 0.25) is 0 Å². The zero-order valence-corrected chi connectivity index (χ0v) is 16.9. The average molecular weight is 406 g/mol. The number of likely N-dealkylation sites (tertiary alicyclic amines) is 1. The van der Waals surface area contributed by atoms with Gasteiger partial charge in [0.15, 0.2) is 5.76 Å². The Bertz CT molecular complexity index is 735. The number of amides is 2. The molecule has 2 atom stereocenters. The average Bonchev–Trinajstić information content (AvgIpc) is 3.23. The van der Waals surface area contributed by atoms with Crippen molar-refractivity contribution in [1.82, 2.24) is 15.5 Å². The molecule has 1 aromatic heterocycles. The molecule has 0 aliphatic carbocycles. The number of furan rings is 1. The quantitative estimate of drug-likeness (QED) is 0.742. The Morgan fingerprint density at radius 2 is 2.00 bits per heavy atom. The fourth-order valence-electron chi connectivity index (χ4n) is 3.63. The molecule has 2 amide bonds. The zero-order chi connectivity index (χ0) is 19.1. The highest BCUT2D eigenvalue weighted by Gasteiger charge is 2.30. The summed E-state index contributed by atoms with van der Waals surface area (Å²) in [6, 6.07) is 12.4. The van der Waals surface area contributed by atoms with Crippen molar-refractivity contribution in [2.24, 2.45) is 5.92 Å². The first kappa shape index (κ1) is 22.0. The highest BCUT2D eigenvalue weighted by molar-refractivity contribution is 5.95. The van der Waals surface area contributed by atoms with E-state index in [1.807, 2.05) is 42.3 Å². The van der Waals surface area contributed by atoms with Gasteiger partial charge in [0.25, 0.3) is 5.91 Å². The Morgan fingerprint density at radius 1 is 1.21 bits per heavy atom.